The Hall–Kier alpha value is -4.09. The molecule has 3 amide bonds. The summed E-state index contributed by atoms with van der Waals surface area (Å²) in [4.78, 5) is 49.8. The van der Waals surface area contributed by atoms with Crippen molar-refractivity contribution in [2.75, 3.05) is 6.54 Å². The molecule has 2 aromatic rings. The maximum absolute atomic E-state index is 13.7. The van der Waals surface area contributed by atoms with Crippen LogP contribution in [0.2, 0.25) is 0 Å². The van der Waals surface area contributed by atoms with E-state index in [0.717, 1.165) is 37.7 Å². The Morgan fingerprint density at radius 3 is 2.37 bits per heavy atom. The Morgan fingerprint density at radius 1 is 1.07 bits per heavy atom. The fourth-order valence-corrected chi connectivity index (χ4v) is 5.23. The first kappa shape index (κ1) is 33.4. The molecule has 0 radical (unpaired) electrons. The Kier molecular flexibility index (Phi) is 12.8. The second-order valence-electron chi connectivity index (χ2n) is 12.1. The Morgan fingerprint density at radius 2 is 1.74 bits per heavy atom. The van der Waals surface area contributed by atoms with Crippen molar-refractivity contribution in [1.82, 2.24) is 25.9 Å². The average Bonchev–Trinajstić information content (AvgIpc) is 3.48. The van der Waals surface area contributed by atoms with Gasteiger partial charge in [0.15, 0.2) is 0 Å². The highest BCUT2D eigenvalue weighted by Gasteiger charge is 2.32. The minimum Gasteiger partial charge on any atom is -0.444 e. The van der Waals surface area contributed by atoms with Gasteiger partial charge in [-0.1, -0.05) is 67.6 Å². The molecule has 0 aliphatic heterocycles. The largest absolute Gasteiger partial charge is 0.444 e. The summed E-state index contributed by atoms with van der Waals surface area (Å²) in [6, 6.07) is 6.42. The Bertz CT molecular complexity index is 1200. The number of alkyl carbamates (subject to hydrolysis) is 1. The molecule has 1 aromatic heterocycles. The van der Waals surface area contributed by atoms with Gasteiger partial charge in [0.1, 0.15) is 17.7 Å². The molecule has 0 spiro atoms. The molecule has 1 fully saturated rings. The number of H-pyrrole nitrogens is 1. The van der Waals surface area contributed by atoms with Gasteiger partial charge >= 0.3 is 6.09 Å². The molecule has 5 N–H and O–H groups in total. The maximum atomic E-state index is 13.7. The van der Waals surface area contributed by atoms with Crippen molar-refractivity contribution in [3.05, 3.63) is 64.6 Å². The molecule has 4 atom stereocenters. The van der Waals surface area contributed by atoms with Crippen LogP contribution in [-0.2, 0) is 27.2 Å². The topological polar surface area (TPSA) is 194 Å². The van der Waals surface area contributed by atoms with Crippen molar-refractivity contribution in [1.29, 1.82) is 0 Å². The molecule has 1 aromatic carbocycles. The van der Waals surface area contributed by atoms with E-state index in [-0.39, 0.29) is 19.4 Å². The summed E-state index contributed by atoms with van der Waals surface area (Å²) >= 11 is 0. The minimum absolute atomic E-state index is 0.0880. The maximum Gasteiger partial charge on any atom is 0.408 e. The lowest BCUT2D eigenvalue weighted by Crippen LogP contribution is -2.58. The van der Waals surface area contributed by atoms with Crippen LogP contribution in [0.5, 0.6) is 0 Å². The molecule has 1 aliphatic rings. The van der Waals surface area contributed by atoms with Crippen LogP contribution in [0.1, 0.15) is 70.6 Å². The van der Waals surface area contributed by atoms with Gasteiger partial charge in [-0.05, 0) is 44.2 Å². The summed E-state index contributed by atoms with van der Waals surface area (Å²) in [6.07, 6.45) is 7.28. The zero-order valence-corrected chi connectivity index (χ0v) is 25.2. The normalized spacial score (nSPS) is 16.6. The summed E-state index contributed by atoms with van der Waals surface area (Å²) in [6.45, 7) is 4.99. The smallest absolute Gasteiger partial charge is 0.408 e. The van der Waals surface area contributed by atoms with E-state index in [1.54, 1.807) is 27.0 Å². The number of nitrogens with zero attached hydrogens (tertiary/aromatic N) is 4. The summed E-state index contributed by atoms with van der Waals surface area (Å²) in [5.74, 6) is -0.777. The predicted molar refractivity (Wildman–Crippen MR) is 161 cm³/mol. The third kappa shape index (κ3) is 12.0. The fourth-order valence-electron chi connectivity index (χ4n) is 5.23. The van der Waals surface area contributed by atoms with E-state index in [1.165, 1.54) is 6.33 Å². The SMILES string of the molecule is CC(C)(C)OC(=O)N[C@@H](Cc1ccccc1)C(=O)N[C@@H](Cc1cnc[nH]1)C(=O)N[C@H](CC1CCCCC1)[C@H](O)CN=[N+]=[N-]. The number of ether oxygens (including phenoxy) is 1. The Labute approximate surface area is 252 Å². The molecule has 1 heterocycles. The van der Waals surface area contributed by atoms with E-state index in [1.807, 2.05) is 30.3 Å². The van der Waals surface area contributed by atoms with E-state index < -0.39 is 47.7 Å². The number of benzene rings is 1. The van der Waals surface area contributed by atoms with E-state index in [2.05, 4.69) is 35.9 Å². The molecule has 13 nitrogen and oxygen atoms in total. The lowest BCUT2D eigenvalue weighted by Gasteiger charge is -2.31. The third-order valence-electron chi connectivity index (χ3n) is 7.34. The van der Waals surface area contributed by atoms with Crippen molar-refractivity contribution in [2.45, 2.75) is 102 Å². The number of carbonyl (C=O) groups is 3. The molecule has 13 heteroatoms. The molecular weight excluding hydrogens is 552 g/mol. The van der Waals surface area contributed by atoms with E-state index in [4.69, 9.17) is 10.3 Å². The van der Waals surface area contributed by atoms with Crippen molar-refractivity contribution in [3.8, 4) is 0 Å². The number of nitrogens with one attached hydrogen (secondary N) is 4. The van der Waals surface area contributed by atoms with Crippen molar-refractivity contribution in [3.63, 3.8) is 0 Å². The van der Waals surface area contributed by atoms with Gasteiger partial charge in [0.25, 0.3) is 0 Å². The number of hydrogen-bond acceptors (Lipinski definition) is 7. The summed E-state index contributed by atoms with van der Waals surface area (Å²) in [5.41, 5.74) is 9.42. The predicted octanol–water partition coefficient (Wildman–Crippen LogP) is 3.70. The number of aromatic amines is 1. The van der Waals surface area contributed by atoms with Crippen molar-refractivity contribution >= 4 is 17.9 Å². The molecule has 3 rings (SSSR count). The number of aromatic nitrogens is 2. The summed E-state index contributed by atoms with van der Waals surface area (Å²) in [7, 11) is 0. The van der Waals surface area contributed by atoms with E-state index >= 15 is 0 Å². The van der Waals surface area contributed by atoms with Gasteiger partial charge in [-0.2, -0.15) is 0 Å². The zero-order chi connectivity index (χ0) is 31.2. The van der Waals surface area contributed by atoms with Crippen LogP contribution in [0, 0.1) is 5.92 Å². The summed E-state index contributed by atoms with van der Waals surface area (Å²) in [5, 5.41) is 22.7. The molecule has 0 saturated heterocycles. The van der Waals surface area contributed by atoms with Crippen molar-refractivity contribution in [2.24, 2.45) is 11.0 Å². The quantitative estimate of drug-likeness (QED) is 0.125. The van der Waals surface area contributed by atoms with Crippen LogP contribution in [-0.4, -0.2) is 69.4 Å². The highest BCUT2D eigenvalue weighted by Crippen LogP contribution is 2.28. The summed E-state index contributed by atoms with van der Waals surface area (Å²) < 4.78 is 5.39. The Balaban J connectivity index is 1.81. The minimum atomic E-state index is -1.09. The first-order chi connectivity index (χ1) is 20.5. The van der Waals surface area contributed by atoms with Crippen LogP contribution < -0.4 is 16.0 Å². The number of azide groups is 1. The molecule has 1 aliphatic carbocycles. The molecule has 43 heavy (non-hydrogen) atoms. The fraction of sp³-hybridized carbons (Fsp3) is 0.600. The molecule has 0 unspecified atom stereocenters. The first-order valence-corrected chi connectivity index (χ1v) is 14.8. The number of imidazole rings is 1. The lowest BCUT2D eigenvalue weighted by molar-refractivity contribution is -0.131. The second kappa shape index (κ2) is 16.5. The van der Waals surface area contributed by atoms with Crippen LogP contribution in [0.15, 0.2) is 48.0 Å². The van der Waals surface area contributed by atoms with Gasteiger partial charge in [-0.3, -0.25) is 9.59 Å². The van der Waals surface area contributed by atoms with Crippen LogP contribution >= 0.6 is 0 Å². The van der Waals surface area contributed by atoms with E-state index in [0.29, 0.717) is 18.0 Å². The monoisotopic (exact) mass is 596 g/mol. The van der Waals surface area contributed by atoms with E-state index in [9.17, 15) is 19.5 Å². The van der Waals surface area contributed by atoms with Gasteiger partial charge in [0.2, 0.25) is 11.8 Å². The highest BCUT2D eigenvalue weighted by atomic mass is 16.6. The third-order valence-corrected chi connectivity index (χ3v) is 7.34. The first-order valence-electron chi connectivity index (χ1n) is 14.8. The average molecular weight is 597 g/mol. The van der Waals surface area contributed by atoms with Gasteiger partial charge in [0, 0.05) is 29.6 Å². The lowest BCUT2D eigenvalue weighted by atomic mass is 9.83. The number of aliphatic hydroxyl groups is 1. The molecular formula is C30H44N8O5. The highest BCUT2D eigenvalue weighted by molar-refractivity contribution is 5.91. The van der Waals surface area contributed by atoms with Crippen molar-refractivity contribution < 1.29 is 24.2 Å². The standard InChI is InChI=1S/C30H44N8O5/c1-30(2,3)43-29(42)37-24(15-21-12-8-5-9-13-21)27(40)36-25(16-22-17-32-19-33-22)28(41)35-23(26(39)18-34-38-31)14-20-10-6-4-7-11-20/h5,8-9,12-13,17,19-20,23-26,39H,4,6-7,10-11,14-16,18H2,1-3H3,(H,32,33)(H,35,41)(H,36,40)(H,37,42)/t23-,24+,25+,26-/m1/s1. The zero-order valence-electron chi connectivity index (χ0n) is 25.2. The van der Waals surface area contributed by atoms with Crippen LogP contribution in [0.25, 0.3) is 10.4 Å². The number of aliphatic hydroxyl groups excluding tert-OH is 1. The molecule has 1 saturated carbocycles. The molecule has 234 valence electrons. The van der Waals surface area contributed by atoms with Crippen LogP contribution in [0.3, 0.4) is 0 Å². The number of hydrogen-bond donors (Lipinski definition) is 5. The van der Waals surface area contributed by atoms with Gasteiger partial charge in [0.05, 0.1) is 25.0 Å². The van der Waals surface area contributed by atoms with Gasteiger partial charge < -0.3 is 30.8 Å². The molecule has 0 bridgehead atoms. The number of carbonyl (C=O) groups excluding carboxylic acids is 3. The number of amides is 3. The second-order valence-corrected chi connectivity index (χ2v) is 12.1. The number of rotatable bonds is 14. The van der Waals surface area contributed by atoms with Gasteiger partial charge in [-0.25, -0.2) is 9.78 Å². The van der Waals surface area contributed by atoms with Gasteiger partial charge in [-0.15, -0.1) is 0 Å². The van der Waals surface area contributed by atoms with Crippen LogP contribution in [0.4, 0.5) is 4.79 Å².